The van der Waals surface area contributed by atoms with E-state index in [-0.39, 0.29) is 11.6 Å². The number of aromatic nitrogens is 2. The number of imidazole rings is 1. The summed E-state index contributed by atoms with van der Waals surface area (Å²) >= 11 is 0. The Labute approximate surface area is 135 Å². The molecule has 1 spiro atoms. The van der Waals surface area contributed by atoms with E-state index in [2.05, 4.69) is 14.9 Å². The van der Waals surface area contributed by atoms with E-state index in [1.54, 1.807) is 0 Å². The number of fused-ring (bicyclic) bond motifs is 1. The predicted octanol–water partition coefficient (Wildman–Crippen LogP) is 0.920. The molecule has 2 amide bonds. The second-order valence-corrected chi connectivity index (χ2v) is 6.69. The highest BCUT2D eigenvalue weighted by molar-refractivity contribution is 5.74. The average molecular weight is 320 g/mol. The molecule has 0 radical (unpaired) electrons. The molecule has 1 N–H and O–H groups in total. The first-order valence-corrected chi connectivity index (χ1v) is 8.54. The third-order valence-corrected chi connectivity index (χ3v) is 5.08. The number of nitrogens with one attached hydrogen (secondary N) is 1. The van der Waals surface area contributed by atoms with Crippen molar-refractivity contribution >= 4 is 6.03 Å². The number of ether oxygens (including phenoxy) is 2. The van der Waals surface area contributed by atoms with Crippen LogP contribution in [0.4, 0.5) is 4.79 Å². The Kier molecular flexibility index (Phi) is 3.98. The molecular formula is C16H24N4O3. The molecule has 3 aliphatic rings. The van der Waals surface area contributed by atoms with Crippen LogP contribution in [0, 0.1) is 0 Å². The maximum Gasteiger partial charge on any atom is 0.317 e. The van der Waals surface area contributed by atoms with Gasteiger partial charge in [0.25, 0.3) is 0 Å². The molecule has 7 heteroatoms. The fraction of sp³-hybridized carbons (Fsp3) is 0.750. The lowest BCUT2D eigenvalue weighted by Gasteiger charge is -2.39. The number of carbonyl (C=O) groups excluding carboxylic acids is 1. The van der Waals surface area contributed by atoms with Crippen molar-refractivity contribution in [2.24, 2.45) is 0 Å². The molecule has 2 saturated heterocycles. The highest BCUT2D eigenvalue weighted by atomic mass is 16.6. The molecule has 0 bridgehead atoms. The molecule has 3 aliphatic heterocycles. The first-order chi connectivity index (χ1) is 11.3. The van der Waals surface area contributed by atoms with Crippen LogP contribution in [0.15, 0.2) is 6.20 Å². The van der Waals surface area contributed by atoms with Crippen molar-refractivity contribution in [2.45, 2.75) is 44.4 Å². The number of nitrogens with zero attached hydrogens (tertiary/aromatic N) is 3. The summed E-state index contributed by atoms with van der Waals surface area (Å²) in [7, 11) is 0. The number of aryl methyl sites for hydroxylation is 1. The molecule has 1 aromatic rings. The van der Waals surface area contributed by atoms with Crippen molar-refractivity contribution < 1.29 is 14.3 Å². The Morgan fingerprint density at radius 2 is 2.30 bits per heavy atom. The monoisotopic (exact) mass is 320 g/mol. The van der Waals surface area contributed by atoms with Gasteiger partial charge in [0.2, 0.25) is 0 Å². The largest absolute Gasteiger partial charge is 0.378 e. The lowest BCUT2D eigenvalue weighted by molar-refractivity contribution is -0.0975. The van der Waals surface area contributed by atoms with Crippen molar-refractivity contribution in [1.82, 2.24) is 19.8 Å². The maximum atomic E-state index is 12.5. The van der Waals surface area contributed by atoms with E-state index in [4.69, 9.17) is 9.47 Å². The Morgan fingerprint density at radius 3 is 3.17 bits per heavy atom. The van der Waals surface area contributed by atoms with Crippen LogP contribution in [-0.4, -0.2) is 59.0 Å². The Balaban J connectivity index is 1.35. The zero-order valence-electron chi connectivity index (χ0n) is 13.4. The molecule has 4 heterocycles. The zero-order valence-corrected chi connectivity index (χ0v) is 13.4. The minimum Gasteiger partial charge on any atom is -0.378 e. The number of morpholine rings is 1. The zero-order chi connectivity index (χ0) is 15.7. The SMILES string of the molecule is O=C(NCc1cnc2n1CCCC2)N1CCOC2(CCOC2)C1. The molecule has 1 atom stereocenters. The summed E-state index contributed by atoms with van der Waals surface area (Å²) in [6.45, 7) is 4.69. The molecule has 7 nitrogen and oxygen atoms in total. The molecule has 0 saturated carbocycles. The van der Waals surface area contributed by atoms with E-state index in [0.717, 1.165) is 37.5 Å². The van der Waals surface area contributed by atoms with E-state index in [9.17, 15) is 4.79 Å². The van der Waals surface area contributed by atoms with E-state index < -0.39 is 0 Å². The van der Waals surface area contributed by atoms with Gasteiger partial charge in [-0.25, -0.2) is 9.78 Å². The highest BCUT2D eigenvalue weighted by Crippen LogP contribution is 2.27. The van der Waals surface area contributed by atoms with Crippen LogP contribution in [0.5, 0.6) is 0 Å². The van der Waals surface area contributed by atoms with Crippen molar-refractivity contribution in [2.75, 3.05) is 32.9 Å². The van der Waals surface area contributed by atoms with E-state index in [1.165, 1.54) is 12.8 Å². The standard InChI is InChI=1S/C16H24N4O3/c21-15(19-6-8-23-16(11-19)4-7-22-12-16)18-10-13-9-17-14-3-1-2-5-20(13)14/h9H,1-8,10-12H2,(H,18,21). The molecular weight excluding hydrogens is 296 g/mol. The van der Waals surface area contributed by atoms with Crippen molar-refractivity contribution in [1.29, 1.82) is 0 Å². The second-order valence-electron chi connectivity index (χ2n) is 6.69. The minimum absolute atomic E-state index is 0.0223. The van der Waals surface area contributed by atoms with Gasteiger partial charge < -0.3 is 24.3 Å². The van der Waals surface area contributed by atoms with Crippen molar-refractivity contribution in [3.8, 4) is 0 Å². The first-order valence-electron chi connectivity index (χ1n) is 8.54. The summed E-state index contributed by atoms with van der Waals surface area (Å²) in [4.78, 5) is 18.8. The van der Waals surface area contributed by atoms with Gasteiger partial charge in [0.1, 0.15) is 11.4 Å². The predicted molar refractivity (Wildman–Crippen MR) is 83.1 cm³/mol. The van der Waals surface area contributed by atoms with Gasteiger partial charge in [-0.15, -0.1) is 0 Å². The molecule has 1 aromatic heterocycles. The molecule has 126 valence electrons. The van der Waals surface area contributed by atoms with Gasteiger partial charge in [-0.2, -0.15) is 0 Å². The fourth-order valence-electron chi connectivity index (χ4n) is 3.74. The summed E-state index contributed by atoms with van der Waals surface area (Å²) in [6, 6.07) is -0.0223. The van der Waals surface area contributed by atoms with Crippen LogP contribution in [-0.2, 0) is 29.0 Å². The van der Waals surface area contributed by atoms with Crippen molar-refractivity contribution in [3.63, 3.8) is 0 Å². The summed E-state index contributed by atoms with van der Waals surface area (Å²) in [5.74, 6) is 1.15. The number of rotatable bonds is 2. The smallest absolute Gasteiger partial charge is 0.317 e. The lowest BCUT2D eigenvalue weighted by atomic mass is 10.0. The molecule has 2 fully saturated rings. The number of hydrogen-bond donors (Lipinski definition) is 1. The van der Waals surface area contributed by atoms with Gasteiger partial charge in [-0.3, -0.25) is 0 Å². The van der Waals surface area contributed by atoms with Gasteiger partial charge >= 0.3 is 6.03 Å². The number of hydrogen-bond acceptors (Lipinski definition) is 4. The molecule has 0 aliphatic carbocycles. The molecule has 4 rings (SSSR count). The fourth-order valence-corrected chi connectivity index (χ4v) is 3.74. The van der Waals surface area contributed by atoms with Crippen molar-refractivity contribution in [3.05, 3.63) is 17.7 Å². The molecule has 0 aromatic carbocycles. The van der Waals surface area contributed by atoms with Gasteiger partial charge in [-0.1, -0.05) is 0 Å². The Morgan fingerprint density at radius 1 is 1.35 bits per heavy atom. The highest BCUT2D eigenvalue weighted by Gasteiger charge is 2.41. The van der Waals surface area contributed by atoms with Crippen LogP contribution in [0.1, 0.15) is 30.8 Å². The van der Waals surface area contributed by atoms with Gasteiger partial charge in [-0.05, 0) is 12.8 Å². The number of carbonyl (C=O) groups is 1. The van der Waals surface area contributed by atoms with E-state index in [1.807, 2.05) is 11.1 Å². The average Bonchev–Trinajstić information content (AvgIpc) is 3.20. The third kappa shape index (κ3) is 2.95. The minimum atomic E-state index is -0.286. The van der Waals surface area contributed by atoms with Crippen LogP contribution >= 0.6 is 0 Å². The summed E-state index contributed by atoms with van der Waals surface area (Å²) < 4.78 is 13.6. The summed E-state index contributed by atoms with van der Waals surface area (Å²) in [5.41, 5.74) is 0.811. The van der Waals surface area contributed by atoms with Crippen LogP contribution in [0.3, 0.4) is 0 Å². The van der Waals surface area contributed by atoms with E-state index in [0.29, 0.717) is 32.8 Å². The van der Waals surface area contributed by atoms with Gasteiger partial charge in [0.15, 0.2) is 0 Å². The van der Waals surface area contributed by atoms with Gasteiger partial charge in [0.05, 0.1) is 38.2 Å². The van der Waals surface area contributed by atoms with Crippen LogP contribution < -0.4 is 5.32 Å². The Hall–Kier alpha value is -1.60. The summed E-state index contributed by atoms with van der Waals surface area (Å²) in [5, 5.41) is 3.04. The summed E-state index contributed by atoms with van der Waals surface area (Å²) in [6.07, 6.45) is 6.20. The quantitative estimate of drug-likeness (QED) is 0.880. The molecule has 23 heavy (non-hydrogen) atoms. The molecule has 1 unspecified atom stereocenters. The topological polar surface area (TPSA) is 68.6 Å². The van der Waals surface area contributed by atoms with Crippen LogP contribution in [0.25, 0.3) is 0 Å². The van der Waals surface area contributed by atoms with E-state index >= 15 is 0 Å². The third-order valence-electron chi connectivity index (χ3n) is 5.08. The maximum absolute atomic E-state index is 12.5. The van der Waals surface area contributed by atoms with Crippen LogP contribution in [0.2, 0.25) is 0 Å². The number of amides is 2. The first kappa shape index (κ1) is 15.0. The second kappa shape index (κ2) is 6.13. The number of urea groups is 1. The normalized spacial score (nSPS) is 27.2. The lowest BCUT2D eigenvalue weighted by Crippen LogP contribution is -2.56. The Bertz CT molecular complexity index is 580. The van der Waals surface area contributed by atoms with Gasteiger partial charge in [0, 0.05) is 32.5 Å².